The highest BCUT2D eigenvalue weighted by atomic mass is 79.9. The highest BCUT2D eigenvalue weighted by molar-refractivity contribution is 9.10. The molecule has 0 spiro atoms. The number of rotatable bonds is 4. The summed E-state index contributed by atoms with van der Waals surface area (Å²) in [6.45, 7) is 9.90. The third kappa shape index (κ3) is 3.76. The molecule has 0 aliphatic carbocycles. The Bertz CT molecular complexity index is 501. The second-order valence-corrected chi connectivity index (χ2v) is 6.61. The van der Waals surface area contributed by atoms with E-state index in [1.165, 1.54) is 0 Å². The van der Waals surface area contributed by atoms with Crippen molar-refractivity contribution in [2.45, 2.75) is 19.4 Å². The van der Waals surface area contributed by atoms with Crippen LogP contribution < -0.4 is 5.32 Å². The quantitative estimate of drug-likeness (QED) is 0.804. The summed E-state index contributed by atoms with van der Waals surface area (Å²) in [5.74, 6) is 0.180. The van der Waals surface area contributed by atoms with Gasteiger partial charge in [-0.05, 0) is 25.5 Å². The van der Waals surface area contributed by atoms with Crippen molar-refractivity contribution in [2.24, 2.45) is 0 Å². The maximum absolute atomic E-state index is 10.3. The molecule has 0 bridgehead atoms. The Morgan fingerprint density at radius 2 is 2.15 bits per heavy atom. The molecule has 1 atom stereocenters. The number of halogens is 2. The molecule has 1 saturated heterocycles. The molecule has 1 aliphatic rings. The number of nitrogens with zero attached hydrogens (tertiary/aromatic N) is 1. The number of piperazine rings is 1. The first-order chi connectivity index (χ1) is 9.49. The van der Waals surface area contributed by atoms with Crippen LogP contribution in [-0.4, -0.2) is 36.2 Å². The molecule has 0 unspecified atom stereocenters. The molecule has 5 heteroatoms. The molecule has 3 nitrogen and oxygen atoms in total. The average Bonchev–Trinajstić information content (AvgIpc) is 2.41. The van der Waals surface area contributed by atoms with Gasteiger partial charge in [0.05, 0.1) is 5.02 Å². The van der Waals surface area contributed by atoms with Gasteiger partial charge in [0, 0.05) is 42.3 Å². The van der Waals surface area contributed by atoms with Crippen molar-refractivity contribution < 1.29 is 5.11 Å². The number of hydrogen-bond donors (Lipinski definition) is 2. The molecule has 1 fully saturated rings. The van der Waals surface area contributed by atoms with Gasteiger partial charge in [0.1, 0.15) is 5.75 Å². The highest BCUT2D eigenvalue weighted by Crippen LogP contribution is 2.39. The Kier molecular flexibility index (Phi) is 5.49. The summed E-state index contributed by atoms with van der Waals surface area (Å²) in [6, 6.07) is 3.79. The number of benzene rings is 1. The Morgan fingerprint density at radius 3 is 2.75 bits per heavy atom. The number of phenolic OH excluding ortho intramolecular Hbond substituents is 1. The van der Waals surface area contributed by atoms with Gasteiger partial charge in [0.2, 0.25) is 0 Å². The third-order valence-electron chi connectivity index (χ3n) is 3.55. The van der Waals surface area contributed by atoms with Crippen LogP contribution in [0.5, 0.6) is 5.75 Å². The number of aromatic hydroxyl groups is 1. The number of phenols is 1. The van der Waals surface area contributed by atoms with Crippen molar-refractivity contribution in [1.82, 2.24) is 10.2 Å². The van der Waals surface area contributed by atoms with Crippen LogP contribution in [0.3, 0.4) is 0 Å². The molecule has 1 heterocycles. The highest BCUT2D eigenvalue weighted by Gasteiger charge is 2.25. The van der Waals surface area contributed by atoms with Gasteiger partial charge in [-0.1, -0.05) is 33.1 Å². The Hall–Kier alpha value is -0.550. The van der Waals surface area contributed by atoms with E-state index in [0.717, 1.165) is 48.2 Å². The van der Waals surface area contributed by atoms with Crippen molar-refractivity contribution in [3.05, 3.63) is 39.3 Å². The van der Waals surface area contributed by atoms with E-state index in [4.69, 9.17) is 11.6 Å². The van der Waals surface area contributed by atoms with E-state index in [-0.39, 0.29) is 11.8 Å². The molecule has 1 aliphatic heterocycles. The third-order valence-corrected chi connectivity index (χ3v) is 4.30. The lowest BCUT2D eigenvalue weighted by molar-refractivity contribution is 0.170. The van der Waals surface area contributed by atoms with E-state index in [9.17, 15) is 5.11 Å². The molecule has 2 rings (SSSR count). The van der Waals surface area contributed by atoms with Crippen LogP contribution in [0.25, 0.3) is 0 Å². The predicted octanol–water partition coefficient (Wildman–Crippen LogP) is 3.72. The maximum Gasteiger partial charge on any atom is 0.139 e. The summed E-state index contributed by atoms with van der Waals surface area (Å²) < 4.78 is 0.886. The lowest BCUT2D eigenvalue weighted by Crippen LogP contribution is -2.45. The largest absolute Gasteiger partial charge is 0.506 e. The normalized spacial score (nSPS) is 17.9. The minimum Gasteiger partial charge on any atom is -0.506 e. The van der Waals surface area contributed by atoms with E-state index in [1.807, 2.05) is 13.0 Å². The average molecular weight is 360 g/mol. The van der Waals surface area contributed by atoms with E-state index in [1.54, 1.807) is 6.07 Å². The molecule has 0 amide bonds. The van der Waals surface area contributed by atoms with Gasteiger partial charge < -0.3 is 10.4 Å². The van der Waals surface area contributed by atoms with Crippen molar-refractivity contribution in [3.63, 3.8) is 0 Å². The van der Waals surface area contributed by atoms with Crippen LogP contribution in [0.15, 0.2) is 28.8 Å². The minimum absolute atomic E-state index is 0.115. The molecule has 20 heavy (non-hydrogen) atoms. The van der Waals surface area contributed by atoms with Crippen molar-refractivity contribution in [3.8, 4) is 5.75 Å². The Balaban J connectivity index is 2.37. The molecule has 1 aromatic carbocycles. The molecule has 110 valence electrons. The summed E-state index contributed by atoms with van der Waals surface area (Å²) in [5, 5.41) is 14.0. The van der Waals surface area contributed by atoms with Crippen LogP contribution >= 0.6 is 27.5 Å². The standard InChI is InChI=1S/C15H20BrClN2O/c1-10(2)7-14(19-5-3-18-4-6-19)12-8-11(16)9-13(17)15(12)20/h8-9,14,18,20H,1,3-7H2,2H3/t14-/m0/s1. The monoisotopic (exact) mass is 358 g/mol. The van der Waals surface area contributed by atoms with Crippen LogP contribution in [-0.2, 0) is 0 Å². The van der Waals surface area contributed by atoms with Crippen molar-refractivity contribution in [2.75, 3.05) is 26.2 Å². The fourth-order valence-electron chi connectivity index (χ4n) is 2.60. The van der Waals surface area contributed by atoms with E-state index < -0.39 is 0 Å². The number of nitrogens with one attached hydrogen (secondary N) is 1. The fraction of sp³-hybridized carbons (Fsp3) is 0.467. The van der Waals surface area contributed by atoms with Gasteiger partial charge in [-0.3, -0.25) is 4.90 Å². The topological polar surface area (TPSA) is 35.5 Å². The van der Waals surface area contributed by atoms with Gasteiger partial charge in [0.25, 0.3) is 0 Å². The zero-order valence-corrected chi connectivity index (χ0v) is 14.0. The van der Waals surface area contributed by atoms with Crippen LogP contribution in [0, 0.1) is 0 Å². The molecule has 2 N–H and O–H groups in total. The molecular formula is C15H20BrClN2O. The fourth-order valence-corrected chi connectivity index (χ4v) is 3.43. The van der Waals surface area contributed by atoms with Gasteiger partial charge in [0.15, 0.2) is 0 Å². The summed E-state index contributed by atoms with van der Waals surface area (Å²) in [5.41, 5.74) is 1.97. The zero-order valence-electron chi connectivity index (χ0n) is 11.6. The molecule has 0 saturated carbocycles. The number of hydrogen-bond acceptors (Lipinski definition) is 3. The summed E-state index contributed by atoms with van der Waals surface area (Å²) >= 11 is 9.56. The Labute approximate surface area is 133 Å². The first-order valence-corrected chi connectivity index (χ1v) is 7.93. The summed E-state index contributed by atoms with van der Waals surface area (Å²) in [6.07, 6.45) is 0.820. The second-order valence-electron chi connectivity index (χ2n) is 5.29. The first kappa shape index (κ1) is 15.8. The van der Waals surface area contributed by atoms with E-state index >= 15 is 0 Å². The lowest BCUT2D eigenvalue weighted by Gasteiger charge is -2.36. The predicted molar refractivity (Wildman–Crippen MR) is 87.4 cm³/mol. The minimum atomic E-state index is 0.115. The zero-order chi connectivity index (χ0) is 14.7. The summed E-state index contributed by atoms with van der Waals surface area (Å²) in [4.78, 5) is 2.38. The molecule has 0 aromatic heterocycles. The van der Waals surface area contributed by atoms with E-state index in [0.29, 0.717) is 5.02 Å². The smallest absolute Gasteiger partial charge is 0.139 e. The second kappa shape index (κ2) is 6.94. The van der Waals surface area contributed by atoms with E-state index in [2.05, 4.69) is 32.7 Å². The van der Waals surface area contributed by atoms with Gasteiger partial charge >= 0.3 is 0 Å². The van der Waals surface area contributed by atoms with Crippen LogP contribution in [0.1, 0.15) is 24.9 Å². The SMILES string of the molecule is C=C(C)C[C@@H](c1cc(Br)cc(Cl)c1O)N1CCNCC1. The van der Waals surface area contributed by atoms with Gasteiger partial charge in [-0.25, -0.2) is 0 Å². The summed E-state index contributed by atoms with van der Waals surface area (Å²) in [7, 11) is 0. The van der Waals surface area contributed by atoms with Crippen LogP contribution in [0.4, 0.5) is 0 Å². The van der Waals surface area contributed by atoms with Crippen molar-refractivity contribution in [1.29, 1.82) is 0 Å². The Morgan fingerprint density at radius 1 is 1.50 bits per heavy atom. The molecular weight excluding hydrogens is 340 g/mol. The van der Waals surface area contributed by atoms with Gasteiger partial charge in [-0.2, -0.15) is 0 Å². The van der Waals surface area contributed by atoms with Gasteiger partial charge in [-0.15, -0.1) is 6.58 Å². The lowest BCUT2D eigenvalue weighted by atomic mass is 9.97. The molecule has 1 aromatic rings. The maximum atomic E-state index is 10.3. The van der Waals surface area contributed by atoms with Crippen LogP contribution in [0.2, 0.25) is 5.02 Å². The molecule has 0 radical (unpaired) electrons. The van der Waals surface area contributed by atoms with Crippen molar-refractivity contribution >= 4 is 27.5 Å². The first-order valence-electron chi connectivity index (χ1n) is 6.76.